The van der Waals surface area contributed by atoms with E-state index in [4.69, 9.17) is 0 Å². The molecule has 2 rings (SSSR count). The third-order valence-corrected chi connectivity index (χ3v) is 2.44. The van der Waals surface area contributed by atoms with E-state index < -0.39 is 0 Å². The van der Waals surface area contributed by atoms with Gasteiger partial charge in [-0.2, -0.15) is 0 Å². The fraction of sp³-hybridized carbons (Fsp3) is 0.417. The Balaban J connectivity index is 2.79. The topological polar surface area (TPSA) is 38.0 Å². The Morgan fingerprint density at radius 2 is 1.93 bits per heavy atom. The molecule has 2 aromatic rings. The molecular formula is C12H16N2O. The maximum absolute atomic E-state index is 9.30. The fourth-order valence-corrected chi connectivity index (χ4v) is 1.93. The molecule has 0 unspecified atom stereocenters. The van der Waals surface area contributed by atoms with Crippen molar-refractivity contribution in [3.63, 3.8) is 0 Å². The van der Waals surface area contributed by atoms with Crippen LogP contribution < -0.4 is 0 Å². The van der Waals surface area contributed by atoms with E-state index in [1.54, 1.807) is 0 Å². The molecular weight excluding hydrogens is 188 g/mol. The summed E-state index contributed by atoms with van der Waals surface area (Å²) in [6, 6.07) is 7.96. The van der Waals surface area contributed by atoms with Gasteiger partial charge in [0.25, 0.3) is 0 Å². The van der Waals surface area contributed by atoms with Crippen LogP contribution in [0.3, 0.4) is 0 Å². The largest absolute Gasteiger partial charge is 0.388 e. The van der Waals surface area contributed by atoms with Crippen LogP contribution in [0.25, 0.3) is 11.0 Å². The van der Waals surface area contributed by atoms with Crippen LogP contribution in [0.5, 0.6) is 0 Å². The number of aliphatic hydroxyl groups is 1. The van der Waals surface area contributed by atoms with Gasteiger partial charge < -0.3 is 9.67 Å². The van der Waals surface area contributed by atoms with Gasteiger partial charge in [-0.15, -0.1) is 0 Å². The van der Waals surface area contributed by atoms with Crippen molar-refractivity contribution >= 4 is 11.0 Å². The number of benzene rings is 1. The lowest BCUT2D eigenvalue weighted by Gasteiger charge is -2.24. The Morgan fingerprint density at radius 1 is 1.27 bits per heavy atom. The second-order valence-corrected chi connectivity index (χ2v) is 4.68. The molecule has 1 N–H and O–H groups in total. The number of nitrogens with zero attached hydrogens (tertiary/aromatic N) is 2. The molecule has 0 radical (unpaired) electrons. The molecule has 0 saturated heterocycles. The minimum absolute atomic E-state index is 0.0219. The van der Waals surface area contributed by atoms with Crippen LogP contribution in [0.15, 0.2) is 24.3 Å². The minimum atomic E-state index is -0.0613. The first-order chi connectivity index (χ1) is 7.04. The van der Waals surface area contributed by atoms with Crippen LogP contribution in [-0.2, 0) is 12.1 Å². The van der Waals surface area contributed by atoms with Gasteiger partial charge in [0.15, 0.2) is 0 Å². The number of hydrogen-bond donors (Lipinski definition) is 1. The lowest BCUT2D eigenvalue weighted by Crippen LogP contribution is -2.24. The monoisotopic (exact) mass is 204 g/mol. The third kappa shape index (κ3) is 1.63. The van der Waals surface area contributed by atoms with Crippen LogP contribution in [0.4, 0.5) is 0 Å². The molecule has 3 heteroatoms. The molecule has 1 heterocycles. The number of hydrogen-bond acceptors (Lipinski definition) is 2. The van der Waals surface area contributed by atoms with Gasteiger partial charge in [0.2, 0.25) is 0 Å². The average Bonchev–Trinajstić information content (AvgIpc) is 2.54. The maximum Gasteiger partial charge on any atom is 0.136 e. The molecule has 80 valence electrons. The number of aromatic nitrogens is 2. The lowest BCUT2D eigenvalue weighted by molar-refractivity contribution is 0.252. The lowest BCUT2D eigenvalue weighted by atomic mass is 10.1. The molecule has 0 aliphatic rings. The zero-order valence-corrected chi connectivity index (χ0v) is 9.36. The number of rotatable bonds is 1. The van der Waals surface area contributed by atoms with Crippen molar-refractivity contribution in [2.75, 3.05) is 0 Å². The van der Waals surface area contributed by atoms with Crippen LogP contribution in [0.1, 0.15) is 26.6 Å². The summed E-state index contributed by atoms with van der Waals surface area (Å²) in [5.41, 5.74) is 1.96. The van der Waals surface area contributed by atoms with Gasteiger partial charge >= 0.3 is 0 Å². The highest BCUT2D eigenvalue weighted by Gasteiger charge is 2.20. The Morgan fingerprint density at radius 3 is 2.53 bits per heavy atom. The second-order valence-electron chi connectivity index (χ2n) is 4.68. The third-order valence-electron chi connectivity index (χ3n) is 2.44. The van der Waals surface area contributed by atoms with Crippen molar-refractivity contribution < 1.29 is 5.11 Å². The van der Waals surface area contributed by atoms with E-state index in [1.165, 1.54) is 0 Å². The SMILES string of the molecule is CC(C)(C)n1c(CO)nc2ccccc21. The van der Waals surface area contributed by atoms with E-state index >= 15 is 0 Å². The summed E-state index contributed by atoms with van der Waals surface area (Å²) in [6.07, 6.45) is 0. The van der Waals surface area contributed by atoms with Crippen molar-refractivity contribution in [1.82, 2.24) is 9.55 Å². The molecule has 0 atom stereocenters. The standard InChI is InChI=1S/C12H16N2O/c1-12(2,3)14-10-7-5-4-6-9(10)13-11(14)8-15/h4-7,15H,8H2,1-3H3. The van der Waals surface area contributed by atoms with Crippen molar-refractivity contribution in [2.24, 2.45) is 0 Å². The summed E-state index contributed by atoms with van der Waals surface area (Å²) < 4.78 is 2.09. The van der Waals surface area contributed by atoms with E-state index in [-0.39, 0.29) is 12.1 Å². The Labute approximate surface area is 89.4 Å². The van der Waals surface area contributed by atoms with E-state index in [0.29, 0.717) is 0 Å². The van der Waals surface area contributed by atoms with Crippen LogP contribution in [0.2, 0.25) is 0 Å². The molecule has 0 spiro atoms. The molecule has 1 aromatic carbocycles. The summed E-state index contributed by atoms with van der Waals surface area (Å²) in [6.45, 7) is 6.31. The van der Waals surface area contributed by atoms with Crippen LogP contribution in [0, 0.1) is 0 Å². The normalized spacial score (nSPS) is 12.3. The van der Waals surface area contributed by atoms with Gasteiger partial charge in [-0.3, -0.25) is 0 Å². The average molecular weight is 204 g/mol. The first kappa shape index (κ1) is 10.2. The molecule has 0 fully saturated rings. The van der Waals surface area contributed by atoms with E-state index in [9.17, 15) is 5.11 Å². The fourth-order valence-electron chi connectivity index (χ4n) is 1.93. The zero-order chi connectivity index (χ0) is 11.1. The summed E-state index contributed by atoms with van der Waals surface area (Å²) in [4.78, 5) is 4.41. The van der Waals surface area contributed by atoms with Crippen LogP contribution >= 0.6 is 0 Å². The zero-order valence-electron chi connectivity index (χ0n) is 9.36. The van der Waals surface area contributed by atoms with Gasteiger partial charge in [-0.05, 0) is 32.9 Å². The number of para-hydroxylation sites is 2. The summed E-state index contributed by atoms with van der Waals surface area (Å²) in [5.74, 6) is 0.726. The Kier molecular flexibility index (Phi) is 2.27. The molecule has 0 aliphatic carbocycles. The van der Waals surface area contributed by atoms with Gasteiger partial charge in [0.1, 0.15) is 12.4 Å². The Hall–Kier alpha value is -1.35. The highest BCUT2D eigenvalue weighted by Crippen LogP contribution is 2.24. The van der Waals surface area contributed by atoms with Crippen molar-refractivity contribution in [1.29, 1.82) is 0 Å². The van der Waals surface area contributed by atoms with Gasteiger partial charge in [0.05, 0.1) is 11.0 Å². The molecule has 3 nitrogen and oxygen atoms in total. The molecule has 15 heavy (non-hydrogen) atoms. The molecule has 0 saturated carbocycles. The van der Waals surface area contributed by atoms with Crippen LogP contribution in [-0.4, -0.2) is 14.7 Å². The van der Waals surface area contributed by atoms with Crippen molar-refractivity contribution in [3.8, 4) is 0 Å². The smallest absolute Gasteiger partial charge is 0.136 e. The van der Waals surface area contributed by atoms with Crippen molar-refractivity contribution in [3.05, 3.63) is 30.1 Å². The number of fused-ring (bicyclic) bond motifs is 1. The quantitative estimate of drug-likeness (QED) is 0.774. The van der Waals surface area contributed by atoms with E-state index in [2.05, 4.69) is 30.3 Å². The number of aliphatic hydroxyl groups excluding tert-OH is 1. The van der Waals surface area contributed by atoms with Crippen molar-refractivity contribution in [2.45, 2.75) is 32.9 Å². The molecule has 1 aromatic heterocycles. The van der Waals surface area contributed by atoms with Gasteiger partial charge in [0, 0.05) is 5.54 Å². The molecule has 0 bridgehead atoms. The minimum Gasteiger partial charge on any atom is -0.388 e. The molecule has 0 aliphatic heterocycles. The first-order valence-electron chi connectivity index (χ1n) is 5.12. The van der Waals surface area contributed by atoms with E-state index in [1.807, 2.05) is 24.3 Å². The summed E-state index contributed by atoms with van der Waals surface area (Å²) in [5, 5.41) is 9.30. The van der Waals surface area contributed by atoms with Gasteiger partial charge in [-0.1, -0.05) is 12.1 Å². The predicted molar refractivity (Wildman–Crippen MR) is 60.7 cm³/mol. The summed E-state index contributed by atoms with van der Waals surface area (Å²) >= 11 is 0. The number of imidazole rings is 1. The van der Waals surface area contributed by atoms with Gasteiger partial charge in [-0.25, -0.2) is 4.98 Å². The highest BCUT2D eigenvalue weighted by molar-refractivity contribution is 5.76. The maximum atomic E-state index is 9.30. The predicted octanol–water partition coefficient (Wildman–Crippen LogP) is 2.28. The highest BCUT2D eigenvalue weighted by atomic mass is 16.3. The second kappa shape index (κ2) is 3.35. The Bertz CT molecular complexity index is 480. The summed E-state index contributed by atoms with van der Waals surface area (Å²) in [7, 11) is 0. The molecule has 0 amide bonds. The van der Waals surface area contributed by atoms with E-state index in [0.717, 1.165) is 16.9 Å². The first-order valence-corrected chi connectivity index (χ1v) is 5.12.